The molecule has 0 aromatic heterocycles. The van der Waals surface area contributed by atoms with Crippen LogP contribution in [0.15, 0.2) is 23.1 Å². The summed E-state index contributed by atoms with van der Waals surface area (Å²) in [6, 6.07) is 5.12. The topological polar surface area (TPSA) is 75.9 Å². The smallest absolute Gasteiger partial charge is 0.242 e. The van der Waals surface area contributed by atoms with Crippen molar-refractivity contribution in [1.29, 1.82) is 0 Å². The summed E-state index contributed by atoms with van der Waals surface area (Å²) in [6.45, 7) is 4.12. The van der Waals surface area contributed by atoms with Crippen molar-refractivity contribution in [2.75, 3.05) is 44.5 Å². The highest BCUT2D eigenvalue weighted by Gasteiger charge is 2.23. The van der Waals surface area contributed by atoms with Gasteiger partial charge in [0, 0.05) is 26.7 Å². The Morgan fingerprint density at radius 2 is 2.10 bits per heavy atom. The number of nitrogens with two attached hydrogens (primary N) is 1. The van der Waals surface area contributed by atoms with E-state index < -0.39 is 10.0 Å². The number of hydrogen-bond acceptors (Lipinski definition) is 5. The van der Waals surface area contributed by atoms with Gasteiger partial charge in [0.1, 0.15) is 0 Å². The van der Waals surface area contributed by atoms with E-state index in [4.69, 9.17) is 10.5 Å². The Morgan fingerprint density at radius 3 is 2.65 bits per heavy atom. The Kier molecular flexibility index (Phi) is 4.22. The molecule has 1 heterocycles. The quantitative estimate of drug-likeness (QED) is 0.833. The van der Waals surface area contributed by atoms with Crippen LogP contribution in [0.1, 0.15) is 6.92 Å². The molecule has 0 spiro atoms. The molecule has 1 unspecified atom stereocenters. The number of ether oxygens (including phenoxy) is 1. The highest BCUT2D eigenvalue weighted by molar-refractivity contribution is 7.89. The minimum absolute atomic E-state index is 0.213. The Hall–Kier alpha value is -1.31. The molecule has 0 saturated carbocycles. The first-order chi connectivity index (χ1) is 9.34. The van der Waals surface area contributed by atoms with E-state index in [1.807, 2.05) is 0 Å². The maximum Gasteiger partial charge on any atom is 0.242 e. The molecule has 1 aromatic rings. The molecule has 2 N–H and O–H groups in total. The lowest BCUT2D eigenvalue weighted by Crippen LogP contribution is -2.44. The maximum absolute atomic E-state index is 12.1. The van der Waals surface area contributed by atoms with E-state index in [1.54, 1.807) is 12.1 Å². The van der Waals surface area contributed by atoms with E-state index in [0.29, 0.717) is 18.9 Å². The van der Waals surface area contributed by atoms with Crippen LogP contribution >= 0.6 is 0 Å². The Balaban J connectivity index is 2.35. The van der Waals surface area contributed by atoms with Gasteiger partial charge in [-0.05, 0) is 25.1 Å². The first-order valence-electron chi connectivity index (χ1n) is 6.50. The number of benzene rings is 1. The van der Waals surface area contributed by atoms with E-state index in [0.717, 1.165) is 12.2 Å². The zero-order valence-corrected chi connectivity index (χ0v) is 12.9. The lowest BCUT2D eigenvalue weighted by Gasteiger charge is -2.36. The van der Waals surface area contributed by atoms with Gasteiger partial charge in [-0.15, -0.1) is 0 Å². The van der Waals surface area contributed by atoms with Crippen LogP contribution in [-0.4, -0.2) is 52.6 Å². The average Bonchev–Trinajstić information content (AvgIpc) is 2.39. The summed E-state index contributed by atoms with van der Waals surface area (Å²) in [6.07, 6.45) is 0. The van der Waals surface area contributed by atoms with E-state index in [-0.39, 0.29) is 10.9 Å². The van der Waals surface area contributed by atoms with E-state index >= 15 is 0 Å². The molecule has 6 nitrogen and oxygen atoms in total. The van der Waals surface area contributed by atoms with Crippen molar-refractivity contribution in [1.82, 2.24) is 4.31 Å². The number of sulfonamides is 1. The molecule has 1 fully saturated rings. The third kappa shape index (κ3) is 2.74. The number of hydrogen-bond donors (Lipinski definition) is 1. The fourth-order valence-corrected chi connectivity index (χ4v) is 3.19. The van der Waals surface area contributed by atoms with Gasteiger partial charge >= 0.3 is 0 Å². The number of rotatable bonds is 3. The molecule has 1 aliphatic heterocycles. The van der Waals surface area contributed by atoms with Crippen molar-refractivity contribution in [3.63, 3.8) is 0 Å². The largest absolute Gasteiger partial charge is 0.397 e. The van der Waals surface area contributed by atoms with Gasteiger partial charge in [-0.2, -0.15) is 0 Å². The van der Waals surface area contributed by atoms with Crippen LogP contribution in [0.3, 0.4) is 0 Å². The van der Waals surface area contributed by atoms with Crippen molar-refractivity contribution < 1.29 is 13.2 Å². The van der Waals surface area contributed by atoms with Crippen LogP contribution in [0.2, 0.25) is 0 Å². The van der Waals surface area contributed by atoms with Gasteiger partial charge in [0.15, 0.2) is 0 Å². The third-order valence-electron chi connectivity index (χ3n) is 3.45. The molecule has 112 valence electrons. The summed E-state index contributed by atoms with van der Waals surface area (Å²) >= 11 is 0. The van der Waals surface area contributed by atoms with E-state index in [2.05, 4.69) is 11.8 Å². The summed E-state index contributed by atoms with van der Waals surface area (Å²) in [5.41, 5.74) is 7.38. The summed E-state index contributed by atoms with van der Waals surface area (Å²) in [5, 5.41) is 0. The SMILES string of the molecule is CC1COCCN1c1ccc(S(=O)(=O)N(C)C)cc1N. The molecule has 0 radical (unpaired) electrons. The van der Waals surface area contributed by atoms with Crippen molar-refractivity contribution >= 4 is 21.4 Å². The zero-order chi connectivity index (χ0) is 14.9. The van der Waals surface area contributed by atoms with Crippen molar-refractivity contribution in [3.05, 3.63) is 18.2 Å². The number of nitrogen functional groups attached to an aromatic ring is 1. The highest BCUT2D eigenvalue weighted by atomic mass is 32.2. The number of anilines is 2. The Morgan fingerprint density at radius 1 is 1.40 bits per heavy atom. The van der Waals surface area contributed by atoms with Gasteiger partial charge in [0.2, 0.25) is 10.0 Å². The summed E-state index contributed by atoms with van der Waals surface area (Å²) in [7, 11) is -0.443. The molecule has 0 amide bonds. The molecule has 0 bridgehead atoms. The van der Waals surface area contributed by atoms with Crippen LogP contribution in [0.25, 0.3) is 0 Å². The zero-order valence-electron chi connectivity index (χ0n) is 12.0. The molecular weight excluding hydrogens is 278 g/mol. The minimum Gasteiger partial charge on any atom is -0.397 e. The normalized spacial score (nSPS) is 20.4. The third-order valence-corrected chi connectivity index (χ3v) is 5.27. The monoisotopic (exact) mass is 299 g/mol. The van der Waals surface area contributed by atoms with Crippen molar-refractivity contribution in [3.8, 4) is 0 Å². The fraction of sp³-hybridized carbons (Fsp3) is 0.538. The molecule has 0 aliphatic carbocycles. The van der Waals surface area contributed by atoms with E-state index in [1.165, 1.54) is 24.5 Å². The molecule has 7 heteroatoms. The molecular formula is C13H21N3O3S. The first kappa shape index (κ1) is 15.1. The summed E-state index contributed by atoms with van der Waals surface area (Å²) < 4.78 is 30.7. The second-order valence-corrected chi connectivity index (χ2v) is 7.28. The highest BCUT2D eigenvalue weighted by Crippen LogP contribution is 2.29. The molecule has 20 heavy (non-hydrogen) atoms. The van der Waals surface area contributed by atoms with Crippen molar-refractivity contribution in [2.45, 2.75) is 17.9 Å². The molecule has 1 atom stereocenters. The van der Waals surface area contributed by atoms with Crippen LogP contribution < -0.4 is 10.6 Å². The van der Waals surface area contributed by atoms with Crippen LogP contribution in [-0.2, 0) is 14.8 Å². The Labute approximate surface area is 120 Å². The predicted octanol–water partition coefficient (Wildman–Crippen LogP) is 0.744. The maximum atomic E-state index is 12.1. The van der Waals surface area contributed by atoms with Gasteiger partial charge in [-0.25, -0.2) is 12.7 Å². The van der Waals surface area contributed by atoms with Crippen molar-refractivity contribution in [2.24, 2.45) is 0 Å². The van der Waals surface area contributed by atoms with Gasteiger partial charge in [0.25, 0.3) is 0 Å². The second kappa shape index (κ2) is 5.59. The number of nitrogens with zero attached hydrogens (tertiary/aromatic N) is 2. The molecule has 1 aromatic carbocycles. The lowest BCUT2D eigenvalue weighted by atomic mass is 10.2. The average molecular weight is 299 g/mol. The van der Waals surface area contributed by atoms with Gasteiger partial charge in [-0.1, -0.05) is 0 Å². The summed E-state index contributed by atoms with van der Waals surface area (Å²) in [5.74, 6) is 0. The lowest BCUT2D eigenvalue weighted by molar-refractivity contribution is 0.0990. The molecule has 2 rings (SSSR count). The molecule has 1 aliphatic rings. The van der Waals surface area contributed by atoms with Crippen LogP contribution in [0.5, 0.6) is 0 Å². The number of morpholine rings is 1. The fourth-order valence-electron chi connectivity index (χ4n) is 2.25. The Bertz CT molecular complexity index is 587. The van der Waals surface area contributed by atoms with Crippen LogP contribution in [0.4, 0.5) is 11.4 Å². The predicted molar refractivity (Wildman–Crippen MR) is 79.4 cm³/mol. The van der Waals surface area contributed by atoms with Gasteiger partial charge in [-0.3, -0.25) is 0 Å². The van der Waals surface area contributed by atoms with E-state index in [9.17, 15) is 8.42 Å². The standard InChI is InChI=1S/C13H21N3O3S/c1-10-9-19-7-6-16(10)13-5-4-11(8-12(13)14)20(17,18)15(2)3/h4-5,8,10H,6-7,9,14H2,1-3H3. The molecule has 1 saturated heterocycles. The van der Waals surface area contributed by atoms with Crippen LogP contribution in [0, 0.1) is 0 Å². The van der Waals surface area contributed by atoms with Gasteiger partial charge < -0.3 is 15.4 Å². The first-order valence-corrected chi connectivity index (χ1v) is 7.94. The van der Waals surface area contributed by atoms with Gasteiger partial charge in [0.05, 0.1) is 29.5 Å². The summed E-state index contributed by atoms with van der Waals surface area (Å²) in [4.78, 5) is 2.36. The minimum atomic E-state index is -3.45. The second-order valence-electron chi connectivity index (χ2n) is 5.13.